The molecular formula is C23H29N5O3. The third kappa shape index (κ3) is 6.60. The zero-order valence-electron chi connectivity index (χ0n) is 17.6. The molecule has 0 atom stereocenters. The molecule has 1 saturated carbocycles. The van der Waals surface area contributed by atoms with Crippen molar-refractivity contribution in [3.05, 3.63) is 48.2 Å². The monoisotopic (exact) mass is 423 g/mol. The first-order valence-electron chi connectivity index (χ1n) is 10.9. The number of hydrogen-bond donors (Lipinski definition) is 3. The molecule has 1 aliphatic heterocycles. The van der Waals surface area contributed by atoms with E-state index in [1.807, 2.05) is 36.4 Å². The van der Waals surface area contributed by atoms with Crippen molar-refractivity contribution >= 4 is 23.4 Å². The topological polar surface area (TPSA) is 95.6 Å². The van der Waals surface area contributed by atoms with Crippen LogP contribution < -0.4 is 25.6 Å². The molecule has 3 N–H and O–H groups in total. The second-order valence-corrected chi connectivity index (χ2v) is 8.00. The summed E-state index contributed by atoms with van der Waals surface area (Å²) >= 11 is 0. The second kappa shape index (κ2) is 10.1. The molecule has 164 valence electrons. The third-order valence-electron chi connectivity index (χ3n) is 5.37. The second-order valence-electron chi connectivity index (χ2n) is 8.00. The van der Waals surface area contributed by atoms with Crippen LogP contribution in [0.15, 0.2) is 42.6 Å². The Morgan fingerprint density at radius 2 is 1.84 bits per heavy atom. The average Bonchev–Trinajstić information content (AvgIpc) is 3.42. The molecule has 1 saturated heterocycles. The van der Waals surface area contributed by atoms with Crippen molar-refractivity contribution in [3.63, 3.8) is 0 Å². The quantitative estimate of drug-likeness (QED) is 0.576. The number of ether oxygens (including phenoxy) is 1. The number of urea groups is 1. The Hall–Kier alpha value is -3.29. The maximum atomic E-state index is 12.1. The predicted molar refractivity (Wildman–Crippen MR) is 120 cm³/mol. The van der Waals surface area contributed by atoms with Gasteiger partial charge in [0.25, 0.3) is 5.91 Å². The summed E-state index contributed by atoms with van der Waals surface area (Å²) in [4.78, 5) is 30.5. The first-order valence-corrected chi connectivity index (χ1v) is 10.9. The number of amides is 3. The molecule has 2 fully saturated rings. The lowest BCUT2D eigenvalue weighted by atomic mass is 10.1. The van der Waals surface area contributed by atoms with E-state index in [4.69, 9.17) is 4.74 Å². The summed E-state index contributed by atoms with van der Waals surface area (Å²) in [5.74, 6) is 1.53. The minimum absolute atomic E-state index is 0.0332. The normalized spacial score (nSPS) is 15.4. The van der Waals surface area contributed by atoms with Gasteiger partial charge >= 0.3 is 6.03 Å². The number of nitrogens with zero attached hydrogens (tertiary/aromatic N) is 2. The molecule has 0 radical (unpaired) electrons. The van der Waals surface area contributed by atoms with Crippen molar-refractivity contribution in [1.82, 2.24) is 15.6 Å². The van der Waals surface area contributed by atoms with Crippen LogP contribution >= 0.6 is 0 Å². The van der Waals surface area contributed by atoms with Gasteiger partial charge in [-0.3, -0.25) is 4.79 Å². The number of carbonyl (C=O) groups excluding carboxylic acids is 2. The van der Waals surface area contributed by atoms with Gasteiger partial charge in [-0.1, -0.05) is 12.1 Å². The number of pyridine rings is 1. The number of anilines is 2. The Morgan fingerprint density at radius 1 is 1.06 bits per heavy atom. The van der Waals surface area contributed by atoms with E-state index in [1.54, 1.807) is 6.20 Å². The van der Waals surface area contributed by atoms with Crippen LogP contribution in [0.1, 0.15) is 31.2 Å². The van der Waals surface area contributed by atoms with Crippen LogP contribution in [-0.4, -0.2) is 49.2 Å². The molecule has 0 spiro atoms. The van der Waals surface area contributed by atoms with Gasteiger partial charge in [0.05, 0.1) is 11.9 Å². The van der Waals surface area contributed by atoms with E-state index in [-0.39, 0.29) is 18.5 Å². The van der Waals surface area contributed by atoms with E-state index in [2.05, 4.69) is 25.8 Å². The molecular weight excluding hydrogens is 394 g/mol. The largest absolute Gasteiger partial charge is 0.484 e. The van der Waals surface area contributed by atoms with E-state index >= 15 is 0 Å². The van der Waals surface area contributed by atoms with Gasteiger partial charge in [-0.2, -0.15) is 0 Å². The smallest absolute Gasteiger partial charge is 0.319 e. The fraction of sp³-hybridized carbons (Fsp3) is 0.435. The van der Waals surface area contributed by atoms with Gasteiger partial charge in [0, 0.05) is 25.7 Å². The number of nitrogens with one attached hydrogen (secondary N) is 3. The highest BCUT2D eigenvalue weighted by molar-refractivity contribution is 5.89. The highest BCUT2D eigenvalue weighted by Gasteiger charge is 2.23. The van der Waals surface area contributed by atoms with Gasteiger partial charge in [-0.15, -0.1) is 0 Å². The Balaban J connectivity index is 1.14. The average molecular weight is 424 g/mol. The van der Waals surface area contributed by atoms with E-state index in [0.29, 0.717) is 30.4 Å². The maximum absolute atomic E-state index is 12.1. The molecule has 2 aliphatic rings. The lowest BCUT2D eigenvalue weighted by Gasteiger charge is -2.16. The first-order chi connectivity index (χ1) is 15.2. The predicted octanol–water partition coefficient (Wildman–Crippen LogP) is 2.70. The van der Waals surface area contributed by atoms with Gasteiger partial charge in [-0.25, -0.2) is 9.78 Å². The Kier molecular flexibility index (Phi) is 6.86. The zero-order valence-corrected chi connectivity index (χ0v) is 17.6. The summed E-state index contributed by atoms with van der Waals surface area (Å²) in [7, 11) is 0. The highest BCUT2D eigenvalue weighted by atomic mass is 16.5. The van der Waals surface area contributed by atoms with Crippen molar-refractivity contribution in [2.75, 3.05) is 36.5 Å². The maximum Gasteiger partial charge on any atom is 0.319 e. The van der Waals surface area contributed by atoms with Gasteiger partial charge < -0.3 is 25.6 Å². The van der Waals surface area contributed by atoms with Crippen LogP contribution in [0, 0.1) is 0 Å². The number of hydrogen-bond acceptors (Lipinski definition) is 5. The van der Waals surface area contributed by atoms with Crippen molar-refractivity contribution in [1.29, 1.82) is 0 Å². The van der Waals surface area contributed by atoms with E-state index < -0.39 is 0 Å². The molecule has 0 unspecified atom stereocenters. The number of carbonyl (C=O) groups is 2. The Morgan fingerprint density at radius 3 is 2.52 bits per heavy atom. The number of benzene rings is 1. The van der Waals surface area contributed by atoms with E-state index in [9.17, 15) is 9.59 Å². The van der Waals surface area contributed by atoms with Gasteiger partial charge in [0.2, 0.25) is 0 Å². The standard InChI is InChI=1S/C23H29N5O3/c29-22(26-18-5-6-18)16-31-20-8-3-17(4-9-20)11-12-24-23(30)27-19-7-10-21(25-15-19)28-13-1-2-14-28/h3-4,7-10,15,18H,1-2,5-6,11-14,16H2,(H,26,29)(H2,24,27,30). The first kappa shape index (κ1) is 21.0. The van der Waals surface area contributed by atoms with Crippen molar-refractivity contribution in [2.24, 2.45) is 0 Å². The number of rotatable bonds is 9. The van der Waals surface area contributed by atoms with Crippen LogP contribution in [0.2, 0.25) is 0 Å². The molecule has 8 heteroatoms. The van der Waals surface area contributed by atoms with Crippen LogP contribution in [-0.2, 0) is 11.2 Å². The van der Waals surface area contributed by atoms with Crippen LogP contribution in [0.25, 0.3) is 0 Å². The van der Waals surface area contributed by atoms with Crippen LogP contribution in [0.5, 0.6) is 5.75 Å². The summed E-state index contributed by atoms with van der Waals surface area (Å²) in [5.41, 5.74) is 1.75. The molecule has 3 amide bonds. The van der Waals surface area contributed by atoms with Gasteiger partial charge in [0.15, 0.2) is 6.61 Å². The SMILES string of the molecule is O=C(COc1ccc(CCNC(=O)Nc2ccc(N3CCCC3)nc2)cc1)NC1CC1. The van der Waals surface area contributed by atoms with Gasteiger partial charge in [0.1, 0.15) is 11.6 Å². The Labute approximate surface area is 182 Å². The minimum atomic E-state index is -0.252. The zero-order chi connectivity index (χ0) is 21.5. The highest BCUT2D eigenvalue weighted by Crippen LogP contribution is 2.19. The van der Waals surface area contributed by atoms with Gasteiger partial charge in [-0.05, 0) is 61.9 Å². The molecule has 4 rings (SSSR count). The summed E-state index contributed by atoms with van der Waals surface area (Å²) in [6.45, 7) is 2.63. The molecule has 1 aromatic heterocycles. The molecule has 2 heterocycles. The van der Waals surface area contributed by atoms with Crippen molar-refractivity contribution in [3.8, 4) is 5.75 Å². The molecule has 0 bridgehead atoms. The molecule has 1 aromatic carbocycles. The van der Waals surface area contributed by atoms with Crippen LogP contribution in [0.4, 0.5) is 16.3 Å². The Bertz CT molecular complexity index is 875. The molecule has 2 aromatic rings. The van der Waals surface area contributed by atoms with Crippen LogP contribution in [0.3, 0.4) is 0 Å². The minimum Gasteiger partial charge on any atom is -0.484 e. The summed E-state index contributed by atoms with van der Waals surface area (Å²) in [5, 5.41) is 8.56. The fourth-order valence-electron chi connectivity index (χ4n) is 3.49. The molecule has 1 aliphatic carbocycles. The molecule has 8 nitrogen and oxygen atoms in total. The number of aromatic nitrogens is 1. The fourth-order valence-corrected chi connectivity index (χ4v) is 3.49. The lowest BCUT2D eigenvalue weighted by Crippen LogP contribution is -2.30. The van der Waals surface area contributed by atoms with E-state index in [0.717, 1.165) is 37.3 Å². The third-order valence-corrected chi connectivity index (χ3v) is 5.37. The molecule has 31 heavy (non-hydrogen) atoms. The van der Waals surface area contributed by atoms with Crippen molar-refractivity contribution in [2.45, 2.75) is 38.1 Å². The van der Waals surface area contributed by atoms with E-state index in [1.165, 1.54) is 12.8 Å². The summed E-state index contributed by atoms with van der Waals surface area (Å²) in [6, 6.07) is 11.5. The lowest BCUT2D eigenvalue weighted by molar-refractivity contribution is -0.123. The van der Waals surface area contributed by atoms with Crippen molar-refractivity contribution < 1.29 is 14.3 Å². The summed E-state index contributed by atoms with van der Waals surface area (Å²) < 4.78 is 5.50. The summed E-state index contributed by atoms with van der Waals surface area (Å²) in [6.07, 6.45) is 6.93.